The first kappa shape index (κ1) is 30.4. The van der Waals surface area contributed by atoms with Crippen molar-refractivity contribution in [3.8, 4) is 11.5 Å². The zero-order valence-electron chi connectivity index (χ0n) is 23.9. The molecule has 1 atom stereocenters. The Kier molecular flexibility index (Phi) is 9.57. The van der Waals surface area contributed by atoms with Gasteiger partial charge in [-0.2, -0.15) is 0 Å². The molecule has 0 unspecified atom stereocenters. The number of hydrogen-bond donors (Lipinski definition) is 0. The van der Waals surface area contributed by atoms with Gasteiger partial charge in [0, 0.05) is 10.0 Å². The van der Waals surface area contributed by atoms with Gasteiger partial charge < -0.3 is 14.2 Å². The molecule has 0 bridgehead atoms. The third-order valence-electron chi connectivity index (χ3n) is 6.88. The lowest BCUT2D eigenvalue weighted by atomic mass is 9.93. The van der Waals surface area contributed by atoms with Gasteiger partial charge in [0.05, 0.1) is 29.5 Å². The van der Waals surface area contributed by atoms with Crippen molar-refractivity contribution in [2.24, 2.45) is 4.99 Å². The highest BCUT2D eigenvalue weighted by Gasteiger charge is 2.36. The quantitative estimate of drug-likeness (QED) is 0.192. The van der Waals surface area contributed by atoms with Crippen molar-refractivity contribution in [3.05, 3.63) is 125 Å². The molecule has 5 rings (SSSR count). The molecule has 43 heavy (non-hydrogen) atoms. The molecule has 4 aromatic rings. The summed E-state index contributed by atoms with van der Waals surface area (Å²) in [5.41, 5.74) is 2.97. The van der Waals surface area contributed by atoms with E-state index in [0.29, 0.717) is 50.7 Å². The fourth-order valence-corrected chi connectivity index (χ4v) is 6.29. The molecular weight excluding hydrogens is 635 g/mol. The summed E-state index contributed by atoms with van der Waals surface area (Å²) in [6.07, 6.45) is 3.11. The summed E-state index contributed by atoms with van der Waals surface area (Å²) in [5, 5.41) is 0. The number of ether oxygens (including phenoxy) is 3. The highest BCUT2D eigenvalue weighted by molar-refractivity contribution is 9.10. The highest BCUT2D eigenvalue weighted by Crippen LogP contribution is 2.38. The van der Waals surface area contributed by atoms with Crippen LogP contribution in [0.4, 0.5) is 4.39 Å². The first-order chi connectivity index (χ1) is 20.8. The normalized spacial score (nSPS) is 14.7. The number of allylic oxidation sites excluding steroid dienone is 1. The van der Waals surface area contributed by atoms with Crippen LogP contribution in [-0.4, -0.2) is 24.3 Å². The number of halogens is 2. The van der Waals surface area contributed by atoms with Gasteiger partial charge in [0.15, 0.2) is 4.80 Å². The van der Waals surface area contributed by atoms with Crippen molar-refractivity contribution >= 4 is 39.3 Å². The van der Waals surface area contributed by atoms with E-state index in [0.717, 1.165) is 22.0 Å². The van der Waals surface area contributed by atoms with E-state index >= 15 is 0 Å². The SMILES string of the molecule is CCCC1=C(C(=O)OCC)[C@@H](c2cc(Br)ccc2OC)n2c(s/c(=C/c3ccc(OCc4ccc(F)cc4)cc3)c2=O)=N1. The van der Waals surface area contributed by atoms with Gasteiger partial charge in [-0.3, -0.25) is 9.36 Å². The summed E-state index contributed by atoms with van der Waals surface area (Å²) in [4.78, 5) is 32.8. The molecule has 1 aliphatic heterocycles. The lowest BCUT2D eigenvalue weighted by molar-refractivity contribution is -0.139. The Morgan fingerprint density at radius 3 is 2.51 bits per heavy atom. The molecule has 1 aromatic heterocycles. The van der Waals surface area contributed by atoms with E-state index in [1.807, 2.05) is 43.3 Å². The molecule has 0 aliphatic carbocycles. The number of fused-ring (bicyclic) bond motifs is 1. The average Bonchev–Trinajstić information content (AvgIpc) is 3.31. The van der Waals surface area contributed by atoms with Crippen LogP contribution >= 0.6 is 27.3 Å². The first-order valence-corrected chi connectivity index (χ1v) is 15.5. The Hall–Kier alpha value is -4.02. The van der Waals surface area contributed by atoms with E-state index in [2.05, 4.69) is 15.9 Å². The number of thiazole rings is 1. The van der Waals surface area contributed by atoms with Gasteiger partial charge in [0.1, 0.15) is 30.0 Å². The van der Waals surface area contributed by atoms with E-state index in [1.165, 1.54) is 23.5 Å². The number of hydrogen-bond acceptors (Lipinski definition) is 7. The van der Waals surface area contributed by atoms with Gasteiger partial charge in [-0.1, -0.05) is 64.9 Å². The second-order valence-corrected chi connectivity index (χ2v) is 11.7. The number of aromatic nitrogens is 1. The molecule has 0 amide bonds. The summed E-state index contributed by atoms with van der Waals surface area (Å²) >= 11 is 4.81. The Bertz CT molecular complexity index is 1850. The van der Waals surface area contributed by atoms with E-state index in [1.54, 1.807) is 42.9 Å². The third kappa shape index (κ3) is 6.65. The zero-order valence-corrected chi connectivity index (χ0v) is 26.3. The maximum absolute atomic E-state index is 14.0. The van der Waals surface area contributed by atoms with Crippen molar-refractivity contribution in [1.82, 2.24) is 4.57 Å². The number of benzene rings is 3. The van der Waals surface area contributed by atoms with Crippen molar-refractivity contribution in [2.75, 3.05) is 13.7 Å². The fourth-order valence-electron chi connectivity index (χ4n) is 4.89. The van der Waals surface area contributed by atoms with Gasteiger partial charge in [0.2, 0.25) is 0 Å². The van der Waals surface area contributed by atoms with Gasteiger partial charge in [-0.15, -0.1) is 0 Å². The van der Waals surface area contributed by atoms with Crippen LogP contribution in [0.3, 0.4) is 0 Å². The number of methoxy groups -OCH3 is 1. The van der Waals surface area contributed by atoms with Gasteiger partial charge in [-0.25, -0.2) is 14.2 Å². The summed E-state index contributed by atoms with van der Waals surface area (Å²) < 4.78 is 33.0. The fraction of sp³-hybridized carbons (Fsp3) is 0.242. The van der Waals surface area contributed by atoms with Crippen molar-refractivity contribution < 1.29 is 23.4 Å². The largest absolute Gasteiger partial charge is 0.496 e. The number of esters is 1. The Morgan fingerprint density at radius 2 is 1.84 bits per heavy atom. The van der Waals surface area contributed by atoms with Crippen molar-refractivity contribution in [3.63, 3.8) is 0 Å². The van der Waals surface area contributed by atoms with Gasteiger partial charge in [0.25, 0.3) is 5.56 Å². The minimum absolute atomic E-state index is 0.193. The first-order valence-electron chi connectivity index (χ1n) is 13.9. The van der Waals surface area contributed by atoms with Gasteiger partial charge >= 0.3 is 5.97 Å². The van der Waals surface area contributed by atoms with E-state index in [-0.39, 0.29) is 18.0 Å². The predicted molar refractivity (Wildman–Crippen MR) is 168 cm³/mol. The molecular formula is C33H30BrFN2O5S. The number of nitrogens with zero attached hydrogens (tertiary/aromatic N) is 2. The maximum Gasteiger partial charge on any atom is 0.338 e. The average molecular weight is 666 g/mol. The zero-order chi connectivity index (χ0) is 30.5. The Balaban J connectivity index is 1.57. The summed E-state index contributed by atoms with van der Waals surface area (Å²) in [5.74, 6) is 0.387. The molecule has 0 saturated heterocycles. The third-order valence-corrected chi connectivity index (χ3v) is 8.35. The van der Waals surface area contributed by atoms with Crippen LogP contribution in [0.15, 0.2) is 92.3 Å². The molecule has 10 heteroatoms. The van der Waals surface area contributed by atoms with Crippen LogP contribution in [0.25, 0.3) is 6.08 Å². The molecule has 0 N–H and O–H groups in total. The van der Waals surface area contributed by atoms with Crippen LogP contribution in [0.5, 0.6) is 11.5 Å². The summed E-state index contributed by atoms with van der Waals surface area (Å²) in [6.45, 7) is 4.27. The van der Waals surface area contributed by atoms with Crippen LogP contribution in [0, 0.1) is 5.82 Å². The molecule has 0 fully saturated rings. The van der Waals surface area contributed by atoms with Crippen molar-refractivity contribution in [1.29, 1.82) is 0 Å². The monoisotopic (exact) mass is 664 g/mol. The molecule has 3 aromatic carbocycles. The van der Waals surface area contributed by atoms with Gasteiger partial charge in [-0.05, 0) is 73.0 Å². The van der Waals surface area contributed by atoms with Crippen LogP contribution < -0.4 is 24.4 Å². The topological polar surface area (TPSA) is 79.1 Å². The van der Waals surface area contributed by atoms with Crippen LogP contribution in [0.2, 0.25) is 0 Å². The highest BCUT2D eigenvalue weighted by atomic mass is 79.9. The van der Waals surface area contributed by atoms with E-state index < -0.39 is 12.0 Å². The van der Waals surface area contributed by atoms with E-state index in [9.17, 15) is 14.0 Å². The minimum atomic E-state index is -0.784. The molecule has 0 radical (unpaired) electrons. The van der Waals surface area contributed by atoms with Crippen LogP contribution in [0.1, 0.15) is 49.4 Å². The smallest absolute Gasteiger partial charge is 0.338 e. The molecule has 1 aliphatic rings. The summed E-state index contributed by atoms with van der Waals surface area (Å²) in [6, 6.07) is 18.2. The Labute approximate surface area is 260 Å². The molecule has 7 nitrogen and oxygen atoms in total. The number of carbonyl (C=O) groups is 1. The van der Waals surface area contributed by atoms with E-state index in [4.69, 9.17) is 19.2 Å². The predicted octanol–water partition coefficient (Wildman–Crippen LogP) is 6.07. The Morgan fingerprint density at radius 1 is 1.09 bits per heavy atom. The van der Waals surface area contributed by atoms with Crippen LogP contribution in [-0.2, 0) is 16.1 Å². The summed E-state index contributed by atoms with van der Waals surface area (Å²) in [7, 11) is 1.56. The maximum atomic E-state index is 14.0. The molecule has 2 heterocycles. The number of carbonyl (C=O) groups excluding carboxylic acids is 1. The second kappa shape index (κ2) is 13.5. The standard InChI is InChI=1S/C33H30BrFN2O5S/c1-4-6-26-29(32(39)41-5-2)30(25-18-22(34)11-16-27(25)40-3)37-31(38)28(43-33(37)36-26)17-20-9-14-24(15-10-20)42-19-21-7-12-23(35)13-8-21/h7-18,30H,4-6,19H2,1-3H3/b28-17+/t30-/m1/s1. The number of rotatable bonds is 10. The lowest BCUT2D eigenvalue weighted by Gasteiger charge is -2.27. The second-order valence-electron chi connectivity index (χ2n) is 9.78. The molecule has 0 saturated carbocycles. The molecule has 222 valence electrons. The lowest BCUT2D eigenvalue weighted by Crippen LogP contribution is -2.40. The molecule has 0 spiro atoms. The minimum Gasteiger partial charge on any atom is -0.496 e. The van der Waals surface area contributed by atoms with Crippen molar-refractivity contribution in [2.45, 2.75) is 39.3 Å².